The van der Waals surface area contributed by atoms with Crippen molar-refractivity contribution in [1.82, 2.24) is 0 Å². The number of rotatable bonds is 2. The van der Waals surface area contributed by atoms with Crippen molar-refractivity contribution in [2.75, 3.05) is 6.54 Å². The van der Waals surface area contributed by atoms with E-state index in [1.807, 2.05) is 0 Å². The van der Waals surface area contributed by atoms with Crippen LogP contribution >= 0.6 is 0 Å². The van der Waals surface area contributed by atoms with E-state index in [1.54, 1.807) is 0 Å². The maximum atomic E-state index is 10.5. The minimum atomic E-state index is -0.806. The zero-order valence-electron chi connectivity index (χ0n) is 6.12. The van der Waals surface area contributed by atoms with E-state index in [1.165, 1.54) is 6.92 Å². The molecule has 0 aromatic rings. The van der Waals surface area contributed by atoms with Crippen molar-refractivity contribution in [3.63, 3.8) is 0 Å². The molecule has 2 N–H and O–H groups in total. The van der Waals surface area contributed by atoms with Gasteiger partial charge in [-0.2, -0.15) is 0 Å². The van der Waals surface area contributed by atoms with Gasteiger partial charge in [0.2, 0.25) is 0 Å². The van der Waals surface area contributed by atoms with Crippen molar-refractivity contribution in [1.29, 1.82) is 0 Å². The van der Waals surface area contributed by atoms with Crippen LogP contribution in [0.1, 0.15) is 6.92 Å². The first-order chi connectivity index (χ1) is 5.07. The van der Waals surface area contributed by atoms with Gasteiger partial charge in [-0.25, -0.2) is 19.4 Å². The van der Waals surface area contributed by atoms with Crippen molar-refractivity contribution in [2.45, 2.75) is 6.92 Å². The van der Waals surface area contributed by atoms with Crippen molar-refractivity contribution >= 4 is 11.9 Å². The van der Waals surface area contributed by atoms with Crippen LogP contribution in [0.5, 0.6) is 0 Å². The molecule has 0 bridgehead atoms. The Morgan fingerprint density at radius 3 is 2.36 bits per heavy atom. The fourth-order valence-corrected chi connectivity index (χ4v) is 0.189. The Hall–Kier alpha value is -1.36. The molecule has 0 aromatic heterocycles. The summed E-state index contributed by atoms with van der Waals surface area (Å²) in [4.78, 5) is 28.7. The van der Waals surface area contributed by atoms with Crippen LogP contribution in [0.4, 0.5) is 0 Å². The summed E-state index contributed by atoms with van der Waals surface area (Å²) in [6.45, 7) is 4.36. The third kappa shape index (κ3) is 4.10. The maximum Gasteiger partial charge on any atom is 0.381 e. The lowest BCUT2D eigenvalue weighted by Crippen LogP contribution is -2.19. The standard InChI is InChI=1S/C6H9NO4/c1-4(2)6(9)11-10-5(8)3-7/h1,3,7H2,2H3. The zero-order chi connectivity index (χ0) is 8.85. The normalized spacial score (nSPS) is 8.55. The molecule has 0 aliphatic heterocycles. The molecule has 5 nitrogen and oxygen atoms in total. The summed E-state index contributed by atoms with van der Waals surface area (Å²) >= 11 is 0. The summed E-state index contributed by atoms with van der Waals surface area (Å²) in [5.41, 5.74) is 4.99. The molecule has 0 radical (unpaired) electrons. The minimum Gasteiger partial charge on any atom is -0.321 e. The molecular weight excluding hydrogens is 150 g/mol. The first-order valence-electron chi connectivity index (χ1n) is 2.85. The van der Waals surface area contributed by atoms with E-state index in [9.17, 15) is 9.59 Å². The van der Waals surface area contributed by atoms with E-state index in [0.29, 0.717) is 0 Å². The summed E-state index contributed by atoms with van der Waals surface area (Å²) in [6.07, 6.45) is 0. The number of carbonyl (C=O) groups excluding carboxylic acids is 2. The Morgan fingerprint density at radius 2 is 2.00 bits per heavy atom. The lowest BCUT2D eigenvalue weighted by atomic mass is 10.4. The average molecular weight is 159 g/mol. The second-order valence-corrected chi connectivity index (χ2v) is 1.81. The summed E-state index contributed by atoms with van der Waals surface area (Å²) in [5, 5.41) is 0. The molecule has 62 valence electrons. The van der Waals surface area contributed by atoms with Crippen molar-refractivity contribution in [3.8, 4) is 0 Å². The minimum absolute atomic E-state index is 0.148. The molecule has 0 unspecified atom stereocenters. The third-order valence-electron chi connectivity index (χ3n) is 0.725. The molecule has 0 heterocycles. The molecule has 0 amide bonds. The quantitative estimate of drug-likeness (QED) is 0.334. The van der Waals surface area contributed by atoms with Gasteiger partial charge in [0.1, 0.15) is 0 Å². The van der Waals surface area contributed by atoms with Crippen LogP contribution in [-0.2, 0) is 19.4 Å². The number of carbonyl (C=O) groups is 2. The van der Waals surface area contributed by atoms with Crippen LogP contribution in [0.3, 0.4) is 0 Å². The Kier molecular flexibility index (Phi) is 3.90. The van der Waals surface area contributed by atoms with Crippen molar-refractivity contribution < 1.29 is 19.4 Å². The van der Waals surface area contributed by atoms with E-state index >= 15 is 0 Å². The van der Waals surface area contributed by atoms with Crippen LogP contribution in [0, 0.1) is 0 Å². The highest BCUT2D eigenvalue weighted by molar-refractivity contribution is 5.87. The highest BCUT2D eigenvalue weighted by Gasteiger charge is 2.07. The average Bonchev–Trinajstić information content (AvgIpc) is 1.99. The molecule has 0 aromatic carbocycles. The van der Waals surface area contributed by atoms with Gasteiger partial charge in [0, 0.05) is 5.57 Å². The highest BCUT2D eigenvalue weighted by atomic mass is 17.2. The number of hydrogen-bond donors (Lipinski definition) is 1. The monoisotopic (exact) mass is 159 g/mol. The van der Waals surface area contributed by atoms with E-state index in [4.69, 9.17) is 5.73 Å². The van der Waals surface area contributed by atoms with Gasteiger partial charge in [-0.1, -0.05) is 6.58 Å². The zero-order valence-corrected chi connectivity index (χ0v) is 6.12. The lowest BCUT2D eigenvalue weighted by Gasteiger charge is -1.99. The topological polar surface area (TPSA) is 78.6 Å². The van der Waals surface area contributed by atoms with E-state index in [-0.39, 0.29) is 12.1 Å². The van der Waals surface area contributed by atoms with Gasteiger partial charge in [0.15, 0.2) is 0 Å². The molecule has 0 atom stereocenters. The maximum absolute atomic E-state index is 10.5. The molecule has 0 aliphatic rings. The predicted molar refractivity (Wildman–Crippen MR) is 36.1 cm³/mol. The largest absolute Gasteiger partial charge is 0.381 e. The SMILES string of the molecule is C=C(C)C(=O)OOC(=O)CN. The van der Waals surface area contributed by atoms with Crippen LogP contribution in [0.25, 0.3) is 0 Å². The lowest BCUT2D eigenvalue weighted by molar-refractivity contribution is -0.254. The van der Waals surface area contributed by atoms with Gasteiger partial charge in [0.25, 0.3) is 0 Å². The van der Waals surface area contributed by atoms with Crippen molar-refractivity contribution in [3.05, 3.63) is 12.2 Å². The molecule has 11 heavy (non-hydrogen) atoms. The number of hydrogen-bond acceptors (Lipinski definition) is 5. The van der Waals surface area contributed by atoms with E-state index < -0.39 is 11.9 Å². The van der Waals surface area contributed by atoms with Gasteiger partial charge in [-0.15, -0.1) is 0 Å². The molecule has 5 heteroatoms. The number of nitrogens with two attached hydrogens (primary N) is 1. The Bertz CT molecular complexity index is 187. The summed E-state index contributed by atoms with van der Waals surface area (Å²) in [6, 6.07) is 0. The third-order valence-corrected chi connectivity index (χ3v) is 0.725. The van der Waals surface area contributed by atoms with Gasteiger partial charge < -0.3 is 5.73 Å². The van der Waals surface area contributed by atoms with Crippen LogP contribution in [0.15, 0.2) is 12.2 Å². The molecule has 0 spiro atoms. The smallest absolute Gasteiger partial charge is 0.321 e. The van der Waals surface area contributed by atoms with Crippen molar-refractivity contribution in [2.24, 2.45) is 5.73 Å². The summed E-state index contributed by atoms with van der Waals surface area (Å²) < 4.78 is 0. The fourth-order valence-electron chi connectivity index (χ4n) is 0.189. The Labute approximate surface area is 63.7 Å². The highest BCUT2D eigenvalue weighted by Crippen LogP contribution is 1.92. The molecule has 0 saturated carbocycles. The first kappa shape index (κ1) is 9.64. The molecule has 0 aliphatic carbocycles. The molecule has 0 rings (SSSR count). The first-order valence-corrected chi connectivity index (χ1v) is 2.85. The fraction of sp³-hybridized carbons (Fsp3) is 0.333. The molecule has 0 fully saturated rings. The van der Waals surface area contributed by atoms with E-state index in [2.05, 4.69) is 16.4 Å². The van der Waals surface area contributed by atoms with Crippen LogP contribution < -0.4 is 5.73 Å². The molecule has 0 saturated heterocycles. The predicted octanol–water partition coefficient (Wildman–Crippen LogP) is -0.477. The van der Waals surface area contributed by atoms with Crippen LogP contribution in [0.2, 0.25) is 0 Å². The van der Waals surface area contributed by atoms with Crippen LogP contribution in [-0.4, -0.2) is 18.5 Å². The van der Waals surface area contributed by atoms with Gasteiger partial charge in [-0.3, -0.25) is 0 Å². The second-order valence-electron chi connectivity index (χ2n) is 1.81. The summed E-state index contributed by atoms with van der Waals surface area (Å²) in [5.74, 6) is -1.59. The second kappa shape index (κ2) is 4.45. The molecular formula is C6H9NO4. The summed E-state index contributed by atoms with van der Waals surface area (Å²) in [7, 11) is 0. The Balaban J connectivity index is 3.63. The Morgan fingerprint density at radius 1 is 1.45 bits per heavy atom. The van der Waals surface area contributed by atoms with Gasteiger partial charge >= 0.3 is 11.9 Å². The van der Waals surface area contributed by atoms with Gasteiger partial charge in [-0.05, 0) is 6.92 Å². The van der Waals surface area contributed by atoms with E-state index in [0.717, 1.165) is 0 Å². The van der Waals surface area contributed by atoms with Gasteiger partial charge in [0.05, 0.1) is 6.54 Å².